The van der Waals surface area contributed by atoms with Gasteiger partial charge >= 0.3 is 0 Å². The molecule has 1 aliphatic heterocycles. The van der Waals surface area contributed by atoms with Crippen LogP contribution in [0.3, 0.4) is 0 Å². The fourth-order valence-corrected chi connectivity index (χ4v) is 3.04. The van der Waals surface area contributed by atoms with E-state index in [4.69, 9.17) is 22.1 Å². The number of benzene rings is 1. The van der Waals surface area contributed by atoms with Crippen molar-refractivity contribution in [3.8, 4) is 5.69 Å². The fourth-order valence-electron chi connectivity index (χ4n) is 2.91. The van der Waals surface area contributed by atoms with E-state index in [0.29, 0.717) is 36.8 Å². The van der Waals surface area contributed by atoms with Crippen LogP contribution in [0.1, 0.15) is 29.6 Å². The van der Waals surface area contributed by atoms with Crippen molar-refractivity contribution >= 4 is 29.9 Å². The number of amides is 1. The van der Waals surface area contributed by atoms with Gasteiger partial charge in [0.05, 0.1) is 23.6 Å². The number of hydrogen-bond acceptors (Lipinski definition) is 4. The summed E-state index contributed by atoms with van der Waals surface area (Å²) >= 11 is 5.90. The molecule has 1 saturated heterocycles. The van der Waals surface area contributed by atoms with Crippen molar-refractivity contribution in [2.24, 2.45) is 5.73 Å². The lowest BCUT2D eigenvalue weighted by atomic mass is 10.1. The Balaban J connectivity index is 0.00000243. The van der Waals surface area contributed by atoms with E-state index in [9.17, 15) is 4.79 Å². The first-order chi connectivity index (χ1) is 12.2. The third-order valence-electron chi connectivity index (χ3n) is 4.35. The number of ether oxygens (including phenoxy) is 1. The number of nitrogens with two attached hydrogens (primary N) is 1. The van der Waals surface area contributed by atoms with E-state index in [1.807, 2.05) is 17.0 Å². The number of aromatic nitrogens is 2. The quantitative estimate of drug-likeness (QED) is 0.759. The lowest BCUT2D eigenvalue weighted by Gasteiger charge is -2.31. The summed E-state index contributed by atoms with van der Waals surface area (Å²) in [5.41, 5.74) is 6.94. The van der Waals surface area contributed by atoms with Crippen LogP contribution in [0.2, 0.25) is 5.02 Å². The molecule has 0 aliphatic carbocycles. The molecule has 3 rings (SSSR count). The van der Waals surface area contributed by atoms with Crippen molar-refractivity contribution in [3.05, 3.63) is 47.2 Å². The fraction of sp³-hybridized carbons (Fsp3) is 0.444. The van der Waals surface area contributed by atoms with E-state index in [0.717, 1.165) is 24.9 Å². The van der Waals surface area contributed by atoms with E-state index < -0.39 is 0 Å². The van der Waals surface area contributed by atoms with Gasteiger partial charge in [-0.2, -0.15) is 5.10 Å². The predicted molar refractivity (Wildman–Crippen MR) is 104 cm³/mol. The van der Waals surface area contributed by atoms with Crippen LogP contribution in [0, 0.1) is 0 Å². The Bertz CT molecular complexity index is 697. The molecule has 0 radical (unpaired) electrons. The zero-order valence-electron chi connectivity index (χ0n) is 14.5. The standard InChI is InChI=1S/C18H23ClN4O2.ClH/c19-15-2-4-16(5-3-15)23-13-14(12-21-23)18(24)22-9-6-17(7-10-22)25-11-1-8-20;/h2-5,12-13,17H,1,6-11,20H2;1H. The lowest BCUT2D eigenvalue weighted by Crippen LogP contribution is -2.41. The van der Waals surface area contributed by atoms with E-state index in [-0.39, 0.29) is 24.4 Å². The second kappa shape index (κ2) is 9.92. The molecule has 2 heterocycles. The molecule has 0 saturated carbocycles. The molecule has 0 spiro atoms. The van der Waals surface area contributed by atoms with Gasteiger partial charge in [-0.3, -0.25) is 4.79 Å². The van der Waals surface area contributed by atoms with Crippen LogP contribution < -0.4 is 5.73 Å². The molecule has 2 aromatic rings. The zero-order chi connectivity index (χ0) is 17.6. The Morgan fingerprint density at radius 2 is 1.96 bits per heavy atom. The van der Waals surface area contributed by atoms with Crippen LogP contribution in [0.15, 0.2) is 36.7 Å². The van der Waals surface area contributed by atoms with Gasteiger partial charge in [-0.1, -0.05) is 11.6 Å². The summed E-state index contributed by atoms with van der Waals surface area (Å²) in [6.07, 6.45) is 6.20. The first-order valence-electron chi connectivity index (χ1n) is 8.59. The largest absolute Gasteiger partial charge is 0.378 e. The number of carbonyl (C=O) groups is 1. The number of hydrogen-bond donors (Lipinski definition) is 1. The van der Waals surface area contributed by atoms with Crippen LogP contribution in [-0.4, -0.2) is 52.9 Å². The average Bonchev–Trinajstić information content (AvgIpc) is 3.13. The molecule has 2 N–H and O–H groups in total. The van der Waals surface area contributed by atoms with Gasteiger partial charge in [-0.15, -0.1) is 12.4 Å². The highest BCUT2D eigenvalue weighted by Crippen LogP contribution is 2.18. The zero-order valence-corrected chi connectivity index (χ0v) is 16.1. The topological polar surface area (TPSA) is 73.4 Å². The van der Waals surface area contributed by atoms with Crippen LogP contribution in [0.25, 0.3) is 5.69 Å². The maximum absolute atomic E-state index is 12.7. The Morgan fingerprint density at radius 1 is 1.27 bits per heavy atom. The van der Waals surface area contributed by atoms with Gasteiger partial charge in [0.1, 0.15) is 0 Å². The van der Waals surface area contributed by atoms with Crippen molar-refractivity contribution in [2.45, 2.75) is 25.4 Å². The van der Waals surface area contributed by atoms with Gasteiger partial charge in [0, 0.05) is 30.9 Å². The van der Waals surface area contributed by atoms with Crippen molar-refractivity contribution in [3.63, 3.8) is 0 Å². The van der Waals surface area contributed by atoms with Gasteiger partial charge in [0.2, 0.25) is 0 Å². The molecule has 1 fully saturated rings. The second-order valence-corrected chi connectivity index (χ2v) is 6.59. The highest BCUT2D eigenvalue weighted by molar-refractivity contribution is 6.30. The number of carbonyl (C=O) groups excluding carboxylic acids is 1. The maximum Gasteiger partial charge on any atom is 0.257 e. The molecule has 1 amide bonds. The molecule has 1 aromatic heterocycles. The maximum atomic E-state index is 12.7. The minimum Gasteiger partial charge on any atom is -0.378 e. The predicted octanol–water partition coefficient (Wildman–Crippen LogP) is 2.92. The van der Waals surface area contributed by atoms with Crippen molar-refractivity contribution in [1.29, 1.82) is 0 Å². The van der Waals surface area contributed by atoms with E-state index in [1.165, 1.54) is 0 Å². The number of rotatable bonds is 6. The molecule has 26 heavy (non-hydrogen) atoms. The summed E-state index contributed by atoms with van der Waals surface area (Å²) in [6.45, 7) is 2.76. The van der Waals surface area contributed by atoms with Gasteiger partial charge in [0.15, 0.2) is 0 Å². The number of piperidine rings is 1. The number of nitrogens with zero attached hydrogens (tertiary/aromatic N) is 3. The van der Waals surface area contributed by atoms with Crippen molar-refractivity contribution < 1.29 is 9.53 Å². The van der Waals surface area contributed by atoms with Crippen LogP contribution in [0.5, 0.6) is 0 Å². The average molecular weight is 399 g/mol. The minimum absolute atomic E-state index is 0. The summed E-state index contributed by atoms with van der Waals surface area (Å²) in [4.78, 5) is 14.5. The molecule has 142 valence electrons. The molecule has 0 unspecified atom stereocenters. The lowest BCUT2D eigenvalue weighted by molar-refractivity contribution is 0.00845. The Labute approximate surface area is 164 Å². The third kappa shape index (κ3) is 5.20. The molecule has 0 atom stereocenters. The van der Waals surface area contributed by atoms with Crippen LogP contribution >= 0.6 is 24.0 Å². The first kappa shape index (κ1) is 20.7. The summed E-state index contributed by atoms with van der Waals surface area (Å²) in [6, 6.07) is 7.34. The second-order valence-electron chi connectivity index (χ2n) is 6.15. The van der Waals surface area contributed by atoms with E-state index in [1.54, 1.807) is 29.2 Å². The van der Waals surface area contributed by atoms with Gasteiger partial charge in [-0.05, 0) is 50.1 Å². The monoisotopic (exact) mass is 398 g/mol. The third-order valence-corrected chi connectivity index (χ3v) is 4.60. The smallest absolute Gasteiger partial charge is 0.257 e. The molecule has 1 aliphatic rings. The SMILES string of the molecule is Cl.NCCCOC1CCN(C(=O)c2cnn(-c3ccc(Cl)cc3)c2)CC1. The van der Waals surface area contributed by atoms with Gasteiger partial charge in [-0.25, -0.2) is 4.68 Å². The molecule has 6 nitrogen and oxygen atoms in total. The Morgan fingerprint density at radius 3 is 2.62 bits per heavy atom. The minimum atomic E-state index is 0. The summed E-state index contributed by atoms with van der Waals surface area (Å²) in [7, 11) is 0. The Kier molecular flexibility index (Phi) is 7.90. The van der Waals surface area contributed by atoms with Crippen molar-refractivity contribution in [1.82, 2.24) is 14.7 Å². The van der Waals surface area contributed by atoms with Crippen molar-refractivity contribution in [2.75, 3.05) is 26.2 Å². The number of likely N-dealkylation sites (tertiary alicyclic amines) is 1. The molecule has 0 bridgehead atoms. The van der Waals surface area contributed by atoms with Crippen LogP contribution in [0.4, 0.5) is 0 Å². The molecular formula is C18H24Cl2N4O2. The van der Waals surface area contributed by atoms with E-state index in [2.05, 4.69) is 5.10 Å². The van der Waals surface area contributed by atoms with Gasteiger partial charge < -0.3 is 15.4 Å². The highest BCUT2D eigenvalue weighted by atomic mass is 35.5. The highest BCUT2D eigenvalue weighted by Gasteiger charge is 2.24. The van der Waals surface area contributed by atoms with E-state index >= 15 is 0 Å². The number of halogens is 2. The molecule has 8 heteroatoms. The first-order valence-corrected chi connectivity index (χ1v) is 8.96. The normalized spacial score (nSPS) is 14.9. The molecule has 1 aromatic carbocycles. The Hall–Kier alpha value is -1.60. The summed E-state index contributed by atoms with van der Waals surface area (Å²) < 4.78 is 7.47. The summed E-state index contributed by atoms with van der Waals surface area (Å²) in [5.74, 6) is 0.0145. The molecular weight excluding hydrogens is 375 g/mol. The summed E-state index contributed by atoms with van der Waals surface area (Å²) in [5, 5.41) is 4.96. The van der Waals surface area contributed by atoms with Crippen LogP contribution in [-0.2, 0) is 4.74 Å². The van der Waals surface area contributed by atoms with Gasteiger partial charge in [0.25, 0.3) is 5.91 Å².